The quantitative estimate of drug-likeness (QED) is 0.879. The van der Waals surface area contributed by atoms with Crippen LogP contribution in [0, 0.1) is 11.6 Å². The predicted octanol–water partition coefficient (Wildman–Crippen LogP) is 3.14. The molecule has 0 bridgehead atoms. The SMILES string of the molecule is O=C(Nc1ccc(S(=O)(=O)Cl)cc1)c1ccc(F)c(F)c1. The molecule has 0 aliphatic carbocycles. The van der Waals surface area contributed by atoms with E-state index in [1.807, 2.05) is 0 Å². The highest BCUT2D eigenvalue weighted by Gasteiger charge is 2.12. The van der Waals surface area contributed by atoms with Gasteiger partial charge in [-0.1, -0.05) is 0 Å². The Labute approximate surface area is 123 Å². The maximum absolute atomic E-state index is 13.0. The molecule has 2 rings (SSSR count). The molecule has 0 spiro atoms. The van der Waals surface area contributed by atoms with Crippen molar-refractivity contribution in [1.82, 2.24) is 0 Å². The van der Waals surface area contributed by atoms with Crippen LogP contribution in [0.3, 0.4) is 0 Å². The molecule has 21 heavy (non-hydrogen) atoms. The number of carbonyl (C=O) groups is 1. The number of amides is 1. The van der Waals surface area contributed by atoms with E-state index in [4.69, 9.17) is 10.7 Å². The van der Waals surface area contributed by atoms with Crippen LogP contribution in [-0.2, 0) is 9.05 Å². The van der Waals surface area contributed by atoms with Crippen LogP contribution in [0.4, 0.5) is 14.5 Å². The summed E-state index contributed by atoms with van der Waals surface area (Å²) in [5.74, 6) is -2.84. The molecular formula is C13H8ClF2NO3S. The summed E-state index contributed by atoms with van der Waals surface area (Å²) >= 11 is 0. The lowest BCUT2D eigenvalue weighted by molar-refractivity contribution is 0.102. The van der Waals surface area contributed by atoms with Gasteiger partial charge in [0.2, 0.25) is 0 Å². The maximum atomic E-state index is 13.0. The topological polar surface area (TPSA) is 63.2 Å². The lowest BCUT2D eigenvalue weighted by Gasteiger charge is -2.06. The minimum absolute atomic E-state index is 0.0667. The van der Waals surface area contributed by atoms with Crippen LogP contribution in [0.5, 0.6) is 0 Å². The summed E-state index contributed by atoms with van der Waals surface area (Å²) in [7, 11) is 1.31. The van der Waals surface area contributed by atoms with E-state index in [1.165, 1.54) is 24.3 Å². The highest BCUT2D eigenvalue weighted by Crippen LogP contribution is 2.18. The van der Waals surface area contributed by atoms with Crippen molar-refractivity contribution < 1.29 is 22.0 Å². The molecule has 0 aromatic heterocycles. The van der Waals surface area contributed by atoms with Gasteiger partial charge in [0.05, 0.1) is 4.90 Å². The lowest BCUT2D eigenvalue weighted by atomic mass is 10.2. The first-order valence-electron chi connectivity index (χ1n) is 5.58. The minimum atomic E-state index is -3.84. The van der Waals surface area contributed by atoms with Crippen molar-refractivity contribution in [2.75, 3.05) is 5.32 Å². The molecule has 8 heteroatoms. The molecule has 2 aromatic rings. The van der Waals surface area contributed by atoms with Gasteiger partial charge in [-0.05, 0) is 42.5 Å². The predicted molar refractivity (Wildman–Crippen MR) is 73.8 cm³/mol. The van der Waals surface area contributed by atoms with Crippen molar-refractivity contribution in [3.05, 3.63) is 59.7 Å². The van der Waals surface area contributed by atoms with Crippen LogP contribution >= 0.6 is 10.7 Å². The standard InChI is InChI=1S/C13H8ClF2NO3S/c14-21(19,20)10-4-2-9(3-5-10)17-13(18)8-1-6-11(15)12(16)7-8/h1-7H,(H,17,18). The zero-order valence-corrected chi connectivity index (χ0v) is 11.9. The van der Waals surface area contributed by atoms with Crippen molar-refractivity contribution in [3.8, 4) is 0 Å². The van der Waals surface area contributed by atoms with Gasteiger partial charge in [-0.2, -0.15) is 0 Å². The van der Waals surface area contributed by atoms with E-state index in [0.29, 0.717) is 0 Å². The Bertz CT molecular complexity index is 792. The van der Waals surface area contributed by atoms with Crippen LogP contribution in [0.1, 0.15) is 10.4 Å². The first-order valence-corrected chi connectivity index (χ1v) is 7.89. The molecule has 1 amide bonds. The second-order valence-electron chi connectivity index (χ2n) is 4.05. The molecule has 0 aliphatic heterocycles. The smallest absolute Gasteiger partial charge is 0.261 e. The molecule has 1 N–H and O–H groups in total. The third kappa shape index (κ3) is 3.77. The van der Waals surface area contributed by atoms with Crippen LogP contribution in [0.15, 0.2) is 47.4 Å². The molecule has 0 saturated carbocycles. The van der Waals surface area contributed by atoms with Gasteiger partial charge in [-0.15, -0.1) is 0 Å². The van der Waals surface area contributed by atoms with Gasteiger partial charge in [0.1, 0.15) is 0 Å². The number of anilines is 1. The van der Waals surface area contributed by atoms with Crippen molar-refractivity contribution in [2.24, 2.45) is 0 Å². The number of halogens is 3. The molecule has 0 saturated heterocycles. The summed E-state index contributed by atoms with van der Waals surface area (Å²) in [5, 5.41) is 2.42. The Kier molecular flexibility index (Phi) is 4.24. The van der Waals surface area contributed by atoms with E-state index in [2.05, 4.69) is 5.32 Å². The number of carbonyl (C=O) groups excluding carboxylic acids is 1. The van der Waals surface area contributed by atoms with Crippen LogP contribution in [-0.4, -0.2) is 14.3 Å². The molecule has 0 fully saturated rings. The summed E-state index contributed by atoms with van der Waals surface area (Å²) in [5.41, 5.74) is 0.219. The molecule has 2 aromatic carbocycles. The van der Waals surface area contributed by atoms with Gasteiger partial charge >= 0.3 is 0 Å². The third-order valence-corrected chi connectivity index (χ3v) is 3.95. The Balaban J connectivity index is 2.18. The maximum Gasteiger partial charge on any atom is 0.261 e. The molecular weight excluding hydrogens is 324 g/mol. The zero-order valence-electron chi connectivity index (χ0n) is 10.3. The highest BCUT2D eigenvalue weighted by molar-refractivity contribution is 8.13. The first kappa shape index (κ1) is 15.4. The number of nitrogens with one attached hydrogen (secondary N) is 1. The summed E-state index contributed by atoms with van der Waals surface area (Å²) in [6.45, 7) is 0. The normalized spacial score (nSPS) is 11.2. The summed E-state index contributed by atoms with van der Waals surface area (Å²) < 4.78 is 47.9. The molecule has 0 unspecified atom stereocenters. The summed E-state index contributed by atoms with van der Waals surface area (Å²) in [4.78, 5) is 11.7. The number of hydrogen-bond donors (Lipinski definition) is 1. The van der Waals surface area contributed by atoms with Crippen molar-refractivity contribution >= 4 is 31.3 Å². The Morgan fingerprint density at radius 3 is 2.14 bits per heavy atom. The number of rotatable bonds is 3. The summed E-state index contributed by atoms with van der Waals surface area (Å²) in [6, 6.07) is 7.81. The van der Waals surface area contributed by atoms with Crippen LogP contribution < -0.4 is 5.32 Å². The second-order valence-corrected chi connectivity index (χ2v) is 6.61. The first-order chi connectivity index (χ1) is 9.77. The van der Waals surface area contributed by atoms with E-state index >= 15 is 0 Å². The van der Waals surface area contributed by atoms with Crippen molar-refractivity contribution in [2.45, 2.75) is 4.90 Å². The van der Waals surface area contributed by atoms with Gasteiger partial charge in [0.15, 0.2) is 11.6 Å². The fourth-order valence-corrected chi connectivity index (χ4v) is 2.31. The molecule has 0 heterocycles. The molecule has 110 valence electrons. The second kappa shape index (κ2) is 5.79. The molecule has 0 atom stereocenters. The van der Waals surface area contributed by atoms with Gasteiger partial charge in [-0.3, -0.25) is 4.79 Å². The Morgan fingerprint density at radius 2 is 1.62 bits per heavy atom. The monoisotopic (exact) mass is 331 g/mol. The Morgan fingerprint density at radius 1 is 1.00 bits per heavy atom. The lowest BCUT2D eigenvalue weighted by Crippen LogP contribution is -2.12. The fourth-order valence-electron chi connectivity index (χ4n) is 1.54. The van der Waals surface area contributed by atoms with Gasteiger partial charge in [0.25, 0.3) is 15.0 Å². The van der Waals surface area contributed by atoms with E-state index in [9.17, 15) is 22.0 Å². The van der Waals surface area contributed by atoms with E-state index < -0.39 is 26.6 Å². The summed E-state index contributed by atoms with van der Waals surface area (Å²) in [6.07, 6.45) is 0. The van der Waals surface area contributed by atoms with Crippen molar-refractivity contribution in [3.63, 3.8) is 0 Å². The minimum Gasteiger partial charge on any atom is -0.322 e. The highest BCUT2D eigenvalue weighted by atomic mass is 35.7. The third-order valence-electron chi connectivity index (χ3n) is 2.58. The average Bonchev–Trinajstić information content (AvgIpc) is 2.41. The number of hydrogen-bond acceptors (Lipinski definition) is 3. The van der Waals surface area contributed by atoms with Crippen LogP contribution in [0.25, 0.3) is 0 Å². The fraction of sp³-hybridized carbons (Fsp3) is 0. The van der Waals surface area contributed by atoms with Gasteiger partial charge in [-0.25, -0.2) is 17.2 Å². The zero-order chi connectivity index (χ0) is 15.6. The largest absolute Gasteiger partial charge is 0.322 e. The Hall–Kier alpha value is -1.99. The average molecular weight is 332 g/mol. The van der Waals surface area contributed by atoms with Gasteiger partial charge in [0, 0.05) is 21.9 Å². The molecule has 0 aliphatic rings. The number of benzene rings is 2. The molecule has 4 nitrogen and oxygen atoms in total. The van der Waals surface area contributed by atoms with E-state index in [1.54, 1.807) is 0 Å². The van der Waals surface area contributed by atoms with Crippen LogP contribution in [0.2, 0.25) is 0 Å². The van der Waals surface area contributed by atoms with E-state index in [-0.39, 0.29) is 16.1 Å². The van der Waals surface area contributed by atoms with Crippen molar-refractivity contribution in [1.29, 1.82) is 0 Å². The molecule has 0 radical (unpaired) electrons. The van der Waals surface area contributed by atoms with Gasteiger partial charge < -0.3 is 5.32 Å². The van der Waals surface area contributed by atoms with E-state index in [0.717, 1.165) is 18.2 Å².